The maximum absolute atomic E-state index is 13.1. The number of hydrogen-bond donors (Lipinski definition) is 2. The van der Waals surface area contributed by atoms with Crippen molar-refractivity contribution in [3.8, 4) is 5.75 Å². The molecule has 0 radical (unpaired) electrons. The number of hydrogen-bond acceptors (Lipinski definition) is 4. The molecule has 1 amide bonds. The van der Waals surface area contributed by atoms with Gasteiger partial charge in [-0.25, -0.2) is 17.2 Å². The Morgan fingerprint density at radius 2 is 1.80 bits per heavy atom. The molecule has 2 rings (SSSR count). The Hall–Kier alpha value is -2.23. The van der Waals surface area contributed by atoms with Crippen molar-refractivity contribution in [2.75, 3.05) is 0 Å². The van der Waals surface area contributed by atoms with Crippen molar-refractivity contribution in [1.29, 1.82) is 0 Å². The summed E-state index contributed by atoms with van der Waals surface area (Å²) in [7, 11) is -4.14. The molecule has 0 saturated carbocycles. The zero-order chi connectivity index (χ0) is 18.6. The van der Waals surface area contributed by atoms with Gasteiger partial charge in [0, 0.05) is 0 Å². The predicted octanol–water partition coefficient (Wildman–Crippen LogP) is 2.40. The van der Waals surface area contributed by atoms with E-state index in [-0.39, 0.29) is 15.7 Å². The van der Waals surface area contributed by atoms with Gasteiger partial charge in [0.05, 0.1) is 9.92 Å². The maximum atomic E-state index is 13.1. The van der Waals surface area contributed by atoms with Crippen LogP contribution in [0.1, 0.15) is 6.92 Å². The van der Waals surface area contributed by atoms with Crippen LogP contribution in [0.5, 0.6) is 5.75 Å². The van der Waals surface area contributed by atoms with E-state index in [1.165, 1.54) is 19.1 Å². The minimum absolute atomic E-state index is 0.234. The minimum atomic E-state index is -4.14. The van der Waals surface area contributed by atoms with Gasteiger partial charge in [0.15, 0.2) is 6.10 Å². The van der Waals surface area contributed by atoms with E-state index in [9.17, 15) is 22.0 Å². The minimum Gasteiger partial charge on any atom is -0.481 e. The zero-order valence-corrected chi connectivity index (χ0v) is 14.4. The van der Waals surface area contributed by atoms with Gasteiger partial charge >= 0.3 is 0 Å². The Morgan fingerprint density at radius 3 is 2.40 bits per heavy atom. The molecule has 6 nitrogen and oxygen atoms in total. The molecule has 0 aromatic heterocycles. The molecule has 0 heterocycles. The number of amides is 1. The van der Waals surface area contributed by atoms with Crippen LogP contribution in [-0.2, 0) is 14.8 Å². The summed E-state index contributed by atoms with van der Waals surface area (Å²) in [6, 6.07) is 7.74. The van der Waals surface area contributed by atoms with E-state index in [2.05, 4.69) is 0 Å². The second-order valence-electron chi connectivity index (χ2n) is 4.88. The summed E-state index contributed by atoms with van der Waals surface area (Å²) in [5.74, 6) is -1.79. The van der Waals surface area contributed by atoms with Crippen LogP contribution in [0, 0.1) is 11.6 Å². The average molecular weight is 391 g/mol. The first kappa shape index (κ1) is 19.1. The first-order chi connectivity index (χ1) is 11.7. The lowest BCUT2D eigenvalue weighted by Gasteiger charge is -2.15. The highest BCUT2D eigenvalue weighted by Gasteiger charge is 2.20. The molecule has 0 aliphatic rings. The molecule has 2 aromatic carbocycles. The first-order valence-corrected chi connectivity index (χ1v) is 8.74. The number of halogens is 3. The number of nitrogens with one attached hydrogen (secondary N) is 2. The van der Waals surface area contributed by atoms with Crippen LogP contribution in [0.15, 0.2) is 47.4 Å². The molecule has 0 bridgehead atoms. The molecule has 134 valence electrons. The summed E-state index contributed by atoms with van der Waals surface area (Å²) >= 11 is 5.53. The summed E-state index contributed by atoms with van der Waals surface area (Å²) < 4.78 is 55.2. The van der Waals surface area contributed by atoms with Crippen LogP contribution in [0.25, 0.3) is 0 Å². The van der Waals surface area contributed by atoms with Gasteiger partial charge in [0.2, 0.25) is 0 Å². The van der Waals surface area contributed by atoms with Crippen LogP contribution in [0.2, 0.25) is 5.02 Å². The Kier molecular flexibility index (Phi) is 5.93. The maximum Gasteiger partial charge on any atom is 0.275 e. The normalized spacial score (nSPS) is 12.5. The van der Waals surface area contributed by atoms with Gasteiger partial charge < -0.3 is 4.74 Å². The number of rotatable bonds is 6. The SMILES string of the molecule is C[C@H](Oc1ccc(F)cc1)C(=O)NNS(=O)(=O)c1ccc(F)c(Cl)c1. The van der Waals surface area contributed by atoms with Crippen molar-refractivity contribution in [3.63, 3.8) is 0 Å². The molecule has 0 spiro atoms. The summed E-state index contributed by atoms with van der Waals surface area (Å²) in [5.41, 5.74) is 1.97. The van der Waals surface area contributed by atoms with E-state index < -0.39 is 33.7 Å². The van der Waals surface area contributed by atoms with Gasteiger partial charge in [-0.1, -0.05) is 11.6 Å². The van der Waals surface area contributed by atoms with Crippen LogP contribution in [0.3, 0.4) is 0 Å². The summed E-state index contributed by atoms with van der Waals surface area (Å²) in [6.07, 6.45) is -1.06. The molecule has 2 N–H and O–H groups in total. The lowest BCUT2D eigenvalue weighted by atomic mass is 10.3. The molecule has 10 heteroatoms. The van der Waals surface area contributed by atoms with Crippen molar-refractivity contribution in [1.82, 2.24) is 10.3 Å². The number of carbonyl (C=O) groups is 1. The van der Waals surface area contributed by atoms with Gasteiger partial charge in [-0.3, -0.25) is 10.2 Å². The molecular formula is C15H13ClF2N2O4S. The van der Waals surface area contributed by atoms with E-state index in [1.54, 1.807) is 0 Å². The second kappa shape index (κ2) is 7.77. The topological polar surface area (TPSA) is 84.5 Å². The monoisotopic (exact) mass is 390 g/mol. The lowest BCUT2D eigenvalue weighted by molar-refractivity contribution is -0.127. The van der Waals surface area contributed by atoms with Crippen molar-refractivity contribution in [2.45, 2.75) is 17.9 Å². The van der Waals surface area contributed by atoms with Crippen LogP contribution in [-0.4, -0.2) is 20.4 Å². The van der Waals surface area contributed by atoms with Gasteiger partial charge in [0.1, 0.15) is 17.4 Å². The Labute approximate surface area is 147 Å². The Bertz CT molecular complexity index is 876. The third-order valence-corrected chi connectivity index (χ3v) is 4.54. The fourth-order valence-corrected chi connectivity index (χ4v) is 2.81. The van der Waals surface area contributed by atoms with Crippen molar-refractivity contribution in [2.24, 2.45) is 0 Å². The Balaban J connectivity index is 1.97. The average Bonchev–Trinajstić information content (AvgIpc) is 2.57. The third kappa shape index (κ3) is 5.12. The van der Waals surface area contributed by atoms with Crippen LogP contribution >= 0.6 is 11.6 Å². The third-order valence-electron chi connectivity index (χ3n) is 3.01. The fourth-order valence-electron chi connectivity index (χ4n) is 1.69. The van der Waals surface area contributed by atoms with Crippen molar-refractivity contribution >= 4 is 27.5 Å². The van der Waals surface area contributed by atoms with Crippen molar-refractivity contribution in [3.05, 3.63) is 59.1 Å². The molecule has 25 heavy (non-hydrogen) atoms. The summed E-state index contributed by atoms with van der Waals surface area (Å²) in [5, 5.41) is -0.373. The van der Waals surface area contributed by atoms with E-state index >= 15 is 0 Å². The van der Waals surface area contributed by atoms with E-state index in [4.69, 9.17) is 16.3 Å². The number of carbonyl (C=O) groups excluding carboxylic acids is 1. The molecule has 1 atom stereocenters. The molecule has 0 fully saturated rings. The summed E-state index contributed by atoms with van der Waals surface area (Å²) in [6.45, 7) is 1.38. The smallest absolute Gasteiger partial charge is 0.275 e. The highest BCUT2D eigenvalue weighted by Crippen LogP contribution is 2.19. The number of hydrazine groups is 1. The van der Waals surface area contributed by atoms with E-state index in [0.717, 1.165) is 30.3 Å². The number of sulfonamides is 1. The molecular weight excluding hydrogens is 378 g/mol. The van der Waals surface area contributed by atoms with Gasteiger partial charge in [0.25, 0.3) is 15.9 Å². The van der Waals surface area contributed by atoms with Gasteiger partial charge in [-0.05, 0) is 49.4 Å². The van der Waals surface area contributed by atoms with Crippen LogP contribution in [0.4, 0.5) is 8.78 Å². The van der Waals surface area contributed by atoms with E-state index in [0.29, 0.717) is 0 Å². The van der Waals surface area contributed by atoms with Crippen molar-refractivity contribution < 1.29 is 26.7 Å². The first-order valence-electron chi connectivity index (χ1n) is 6.88. The lowest BCUT2D eigenvalue weighted by Crippen LogP contribution is -2.47. The van der Waals surface area contributed by atoms with Gasteiger partial charge in [-0.2, -0.15) is 0 Å². The molecule has 0 aliphatic heterocycles. The number of ether oxygens (including phenoxy) is 1. The fraction of sp³-hybridized carbons (Fsp3) is 0.133. The largest absolute Gasteiger partial charge is 0.481 e. The number of benzene rings is 2. The summed E-state index contributed by atoms with van der Waals surface area (Å²) in [4.78, 5) is 13.4. The standard InChI is InChI=1S/C15H13ClF2N2O4S/c1-9(24-11-4-2-10(17)3-5-11)15(21)19-20-25(22,23)12-6-7-14(18)13(16)8-12/h2-9,20H,1H3,(H,19,21)/t9-/m0/s1. The highest BCUT2D eigenvalue weighted by molar-refractivity contribution is 7.89. The highest BCUT2D eigenvalue weighted by atomic mass is 35.5. The predicted molar refractivity (Wildman–Crippen MR) is 86.4 cm³/mol. The molecule has 0 unspecified atom stereocenters. The van der Waals surface area contributed by atoms with Crippen LogP contribution < -0.4 is 15.0 Å². The zero-order valence-electron chi connectivity index (χ0n) is 12.8. The quantitative estimate of drug-likeness (QED) is 0.742. The second-order valence-corrected chi connectivity index (χ2v) is 6.97. The molecule has 2 aromatic rings. The molecule has 0 saturated heterocycles. The van der Waals surface area contributed by atoms with Gasteiger partial charge in [-0.15, -0.1) is 4.83 Å². The van der Waals surface area contributed by atoms with E-state index in [1.807, 2.05) is 10.3 Å². The molecule has 0 aliphatic carbocycles. The Morgan fingerprint density at radius 1 is 1.16 bits per heavy atom.